The predicted molar refractivity (Wildman–Crippen MR) is 109 cm³/mol. The van der Waals surface area contributed by atoms with Crippen LogP contribution in [0.1, 0.15) is 55.4 Å². The first-order valence-electron chi connectivity index (χ1n) is 9.09. The van der Waals surface area contributed by atoms with Crippen LogP contribution in [0.3, 0.4) is 0 Å². The summed E-state index contributed by atoms with van der Waals surface area (Å²) in [5.74, 6) is -4.82. The first-order valence-corrected chi connectivity index (χ1v) is 14.9. The van der Waals surface area contributed by atoms with Crippen LogP contribution in [-0.4, -0.2) is 50.0 Å². The van der Waals surface area contributed by atoms with Crippen LogP contribution >= 0.6 is 0 Å². The summed E-state index contributed by atoms with van der Waals surface area (Å²) in [4.78, 5) is 29.9. The Hall–Kier alpha value is -0.586. The van der Waals surface area contributed by atoms with Crippen LogP contribution in [0.2, 0.25) is 36.3 Å². The van der Waals surface area contributed by atoms with Crippen molar-refractivity contribution >= 4 is 28.4 Å². The van der Waals surface area contributed by atoms with Crippen molar-refractivity contribution in [2.45, 2.75) is 103 Å². The highest BCUT2D eigenvalue weighted by atomic mass is 28.4. The molecule has 0 aromatic carbocycles. The molecule has 0 aliphatic heterocycles. The molecule has 2 unspecified atom stereocenters. The largest absolute Gasteiger partial charge is 0.385 e. The van der Waals surface area contributed by atoms with E-state index in [1.54, 1.807) is 0 Å². The van der Waals surface area contributed by atoms with E-state index in [9.17, 15) is 19.8 Å². The molecule has 0 aromatic heterocycles. The average molecular weight is 423 g/mol. The van der Waals surface area contributed by atoms with E-state index in [1.807, 2.05) is 67.7 Å². The lowest BCUT2D eigenvalue weighted by Crippen LogP contribution is -2.60. The van der Waals surface area contributed by atoms with Crippen molar-refractivity contribution in [3.8, 4) is 0 Å². The molecule has 0 spiro atoms. The Morgan fingerprint density at radius 2 is 1.11 bits per heavy atom. The Bertz CT molecular complexity index is 567. The summed E-state index contributed by atoms with van der Waals surface area (Å²) in [6.07, 6.45) is 0. The first kappa shape index (κ1) is 26.4. The second-order valence-corrected chi connectivity index (χ2v) is 19.9. The molecular formula is C18H38O7Si2. The van der Waals surface area contributed by atoms with Gasteiger partial charge in [0.2, 0.25) is 17.2 Å². The maximum Gasteiger partial charge on any atom is 0.379 e. The van der Waals surface area contributed by atoms with Crippen LogP contribution in [-0.2, 0) is 23.5 Å². The number of hydrogen-bond donors (Lipinski definition) is 2. The van der Waals surface area contributed by atoms with Crippen LogP contribution < -0.4 is 0 Å². The van der Waals surface area contributed by atoms with Gasteiger partial charge in [0.25, 0.3) is 8.32 Å². The maximum atomic E-state index is 12.7. The lowest BCUT2D eigenvalue weighted by atomic mass is 9.95. The Balaban J connectivity index is 5.40. The lowest BCUT2D eigenvalue weighted by Gasteiger charge is -2.42. The van der Waals surface area contributed by atoms with Crippen molar-refractivity contribution in [2.24, 2.45) is 0 Å². The molecule has 0 amide bonds. The molecule has 160 valence electrons. The Morgan fingerprint density at radius 1 is 0.741 bits per heavy atom. The molecule has 9 heteroatoms. The van der Waals surface area contributed by atoms with Crippen molar-refractivity contribution in [3.63, 3.8) is 0 Å². The van der Waals surface area contributed by atoms with Gasteiger partial charge < -0.3 is 19.5 Å². The highest BCUT2D eigenvalue weighted by molar-refractivity contribution is 6.74. The van der Waals surface area contributed by atoms with E-state index in [2.05, 4.69) is 0 Å². The van der Waals surface area contributed by atoms with Crippen LogP contribution in [0.15, 0.2) is 0 Å². The molecule has 0 radical (unpaired) electrons. The molecule has 0 saturated carbocycles. The third-order valence-corrected chi connectivity index (χ3v) is 14.3. The smallest absolute Gasteiger partial charge is 0.379 e. The molecule has 0 heterocycles. The normalized spacial score (nSPS) is 18.4. The Labute approximate surface area is 165 Å². The van der Waals surface area contributed by atoms with Crippen molar-refractivity contribution in [1.29, 1.82) is 0 Å². The standard InChI is InChI=1S/C18H38O7Si2/c1-15(2,3)26(9,10)24-18(8,22)13(19)17(7,21)14(20)23-25-27(11,12)16(4,5)6/h21-22H,1-12H3. The van der Waals surface area contributed by atoms with Gasteiger partial charge in [-0.15, -0.1) is 0 Å². The summed E-state index contributed by atoms with van der Waals surface area (Å²) in [5.41, 5.74) is -2.62. The number of rotatable bonds is 7. The molecule has 0 aromatic rings. The van der Waals surface area contributed by atoms with Crippen molar-refractivity contribution in [3.05, 3.63) is 0 Å². The first-order chi connectivity index (χ1) is 11.5. The lowest BCUT2D eigenvalue weighted by molar-refractivity contribution is -0.242. The minimum Gasteiger partial charge on any atom is -0.385 e. The topological polar surface area (TPSA) is 102 Å². The highest BCUT2D eigenvalue weighted by Gasteiger charge is 2.54. The molecule has 0 aliphatic carbocycles. The van der Waals surface area contributed by atoms with Crippen molar-refractivity contribution in [1.82, 2.24) is 0 Å². The van der Waals surface area contributed by atoms with Gasteiger partial charge in [-0.1, -0.05) is 41.5 Å². The second kappa shape index (κ2) is 7.68. The van der Waals surface area contributed by atoms with Gasteiger partial charge in [-0.05, 0) is 50.1 Å². The molecule has 7 nitrogen and oxygen atoms in total. The zero-order valence-electron chi connectivity index (χ0n) is 18.9. The van der Waals surface area contributed by atoms with E-state index in [0.29, 0.717) is 0 Å². The fraction of sp³-hybridized carbons (Fsp3) is 0.889. The molecule has 0 aliphatic rings. The number of ketones is 1. The van der Waals surface area contributed by atoms with Gasteiger partial charge in [-0.2, -0.15) is 0 Å². The van der Waals surface area contributed by atoms with Gasteiger partial charge in [0, 0.05) is 0 Å². The van der Waals surface area contributed by atoms with Crippen LogP contribution in [0.25, 0.3) is 0 Å². The highest BCUT2D eigenvalue weighted by Crippen LogP contribution is 2.40. The van der Waals surface area contributed by atoms with Gasteiger partial charge in [0.1, 0.15) is 0 Å². The van der Waals surface area contributed by atoms with E-state index in [4.69, 9.17) is 13.9 Å². The third-order valence-electron chi connectivity index (χ3n) is 5.65. The predicted octanol–water partition coefficient (Wildman–Crippen LogP) is 3.52. The summed E-state index contributed by atoms with van der Waals surface area (Å²) < 4.78 is 11.1. The monoisotopic (exact) mass is 422 g/mol. The molecule has 2 atom stereocenters. The summed E-state index contributed by atoms with van der Waals surface area (Å²) in [6, 6.07) is 0. The van der Waals surface area contributed by atoms with E-state index in [1.165, 1.54) is 0 Å². The zero-order chi connectivity index (χ0) is 22.3. The minimum atomic E-state index is -2.62. The number of hydrogen-bond acceptors (Lipinski definition) is 7. The van der Waals surface area contributed by atoms with Crippen LogP contribution in [0.5, 0.6) is 0 Å². The molecule has 0 bridgehead atoms. The summed E-state index contributed by atoms with van der Waals surface area (Å²) in [5, 5.41) is 20.5. The van der Waals surface area contributed by atoms with E-state index in [0.717, 1.165) is 13.8 Å². The average Bonchev–Trinajstić information content (AvgIpc) is 2.40. The van der Waals surface area contributed by atoms with Gasteiger partial charge in [0.05, 0.1) is 0 Å². The number of Topliss-reactive ketones (excluding diaryl/α,β-unsaturated/α-hetero) is 1. The van der Waals surface area contributed by atoms with Gasteiger partial charge in [0.15, 0.2) is 8.32 Å². The molecule has 0 saturated heterocycles. The summed E-state index contributed by atoms with van der Waals surface area (Å²) in [6.45, 7) is 21.2. The molecule has 0 fully saturated rings. The van der Waals surface area contributed by atoms with Crippen LogP contribution in [0.4, 0.5) is 0 Å². The van der Waals surface area contributed by atoms with Crippen molar-refractivity contribution < 1.29 is 33.7 Å². The van der Waals surface area contributed by atoms with E-state index < -0.39 is 39.8 Å². The van der Waals surface area contributed by atoms with E-state index >= 15 is 0 Å². The third kappa shape index (κ3) is 6.20. The zero-order valence-corrected chi connectivity index (χ0v) is 20.9. The molecule has 2 N–H and O–H groups in total. The van der Waals surface area contributed by atoms with Gasteiger partial charge >= 0.3 is 5.97 Å². The second-order valence-electron chi connectivity index (χ2n) is 10.5. The Kier molecular flexibility index (Phi) is 7.51. The quantitative estimate of drug-likeness (QED) is 0.213. The summed E-state index contributed by atoms with van der Waals surface area (Å²) >= 11 is 0. The SMILES string of the molecule is CC(O)(O[Si](C)(C)C(C)(C)C)C(=O)C(C)(O)C(=O)OO[Si](C)(C)C(C)(C)C. The molecule has 0 rings (SSSR count). The number of carbonyl (C=O) groups is 2. The number of carbonyl (C=O) groups excluding carboxylic acids is 2. The van der Waals surface area contributed by atoms with E-state index in [-0.39, 0.29) is 10.1 Å². The molecular weight excluding hydrogens is 384 g/mol. The fourth-order valence-electron chi connectivity index (χ4n) is 1.59. The molecule has 27 heavy (non-hydrogen) atoms. The fourth-order valence-corrected chi connectivity index (χ4v) is 3.52. The van der Waals surface area contributed by atoms with Crippen LogP contribution in [0, 0.1) is 0 Å². The summed E-state index contributed by atoms with van der Waals surface area (Å²) in [7, 11) is -4.99. The van der Waals surface area contributed by atoms with Gasteiger partial charge in [-0.25, -0.2) is 9.37 Å². The van der Waals surface area contributed by atoms with Crippen molar-refractivity contribution in [2.75, 3.05) is 0 Å². The Morgan fingerprint density at radius 3 is 1.44 bits per heavy atom. The number of aliphatic hydroxyl groups is 2. The minimum absolute atomic E-state index is 0.236. The maximum absolute atomic E-state index is 12.7. The van der Waals surface area contributed by atoms with Gasteiger partial charge in [-0.3, -0.25) is 4.79 Å².